The van der Waals surface area contributed by atoms with Crippen LogP contribution in [0, 0.1) is 0 Å². The molecule has 0 radical (unpaired) electrons. The Morgan fingerprint density at radius 1 is 1.47 bits per heavy atom. The Morgan fingerprint density at radius 2 is 2.27 bits per heavy atom. The summed E-state index contributed by atoms with van der Waals surface area (Å²) < 4.78 is 2.03. The van der Waals surface area contributed by atoms with Crippen molar-refractivity contribution in [3.8, 4) is 11.5 Å². The summed E-state index contributed by atoms with van der Waals surface area (Å²) in [6, 6.07) is 5.61. The van der Waals surface area contributed by atoms with Crippen molar-refractivity contribution in [2.75, 3.05) is 0 Å². The van der Waals surface area contributed by atoms with Crippen molar-refractivity contribution in [3.05, 3.63) is 35.2 Å². The predicted molar refractivity (Wildman–Crippen MR) is 59.6 cm³/mol. The standard InChI is InChI=1S/C11H12ClN3/c1-3-8-7-15(2)11(13-8)9-5-4-6-10(12)14-9/h4-7H,3H2,1-2H3/p+1. The third-order valence-corrected chi connectivity index (χ3v) is 2.53. The van der Waals surface area contributed by atoms with Gasteiger partial charge in [-0.2, -0.15) is 0 Å². The van der Waals surface area contributed by atoms with E-state index < -0.39 is 0 Å². The fourth-order valence-corrected chi connectivity index (χ4v) is 1.70. The number of pyridine rings is 1. The van der Waals surface area contributed by atoms with E-state index in [-0.39, 0.29) is 0 Å². The molecule has 0 amide bonds. The van der Waals surface area contributed by atoms with Crippen LogP contribution < -0.4 is 4.57 Å². The molecule has 0 spiro atoms. The zero-order chi connectivity index (χ0) is 10.8. The number of H-pyrrole nitrogens is 1. The lowest BCUT2D eigenvalue weighted by Crippen LogP contribution is -2.27. The van der Waals surface area contributed by atoms with Gasteiger partial charge in [-0.1, -0.05) is 24.6 Å². The Hall–Kier alpha value is -1.35. The number of imidazole rings is 1. The highest BCUT2D eigenvalue weighted by molar-refractivity contribution is 6.29. The molecule has 4 heteroatoms. The first-order chi connectivity index (χ1) is 7.20. The molecule has 0 aliphatic carbocycles. The maximum atomic E-state index is 5.85. The molecule has 2 rings (SSSR count). The number of nitrogens with zero attached hydrogens (tertiary/aromatic N) is 2. The Morgan fingerprint density at radius 3 is 2.87 bits per heavy atom. The second-order valence-corrected chi connectivity index (χ2v) is 3.83. The molecular weight excluding hydrogens is 210 g/mol. The fraction of sp³-hybridized carbons (Fsp3) is 0.273. The molecule has 0 atom stereocenters. The van der Waals surface area contributed by atoms with Gasteiger partial charge in [0.1, 0.15) is 17.0 Å². The number of aromatic amines is 1. The van der Waals surface area contributed by atoms with E-state index in [1.807, 2.05) is 23.7 Å². The van der Waals surface area contributed by atoms with Crippen LogP contribution in [0.15, 0.2) is 24.4 Å². The van der Waals surface area contributed by atoms with Gasteiger partial charge in [0.2, 0.25) is 0 Å². The zero-order valence-electron chi connectivity index (χ0n) is 8.79. The first-order valence-electron chi connectivity index (χ1n) is 4.91. The molecular formula is C11H13ClN3+. The van der Waals surface area contributed by atoms with Crippen LogP contribution in [0.2, 0.25) is 5.15 Å². The lowest BCUT2D eigenvalue weighted by atomic mass is 10.3. The summed E-state index contributed by atoms with van der Waals surface area (Å²) in [6.07, 6.45) is 3.05. The highest BCUT2D eigenvalue weighted by Crippen LogP contribution is 2.14. The van der Waals surface area contributed by atoms with Gasteiger partial charge in [-0.05, 0) is 12.1 Å². The molecule has 0 fully saturated rings. The summed E-state index contributed by atoms with van der Waals surface area (Å²) in [4.78, 5) is 7.58. The third-order valence-electron chi connectivity index (χ3n) is 2.32. The van der Waals surface area contributed by atoms with Crippen LogP contribution in [-0.4, -0.2) is 9.97 Å². The van der Waals surface area contributed by atoms with Crippen molar-refractivity contribution in [3.63, 3.8) is 0 Å². The highest BCUT2D eigenvalue weighted by atomic mass is 35.5. The van der Waals surface area contributed by atoms with Gasteiger partial charge in [0.25, 0.3) is 0 Å². The van der Waals surface area contributed by atoms with E-state index in [0.29, 0.717) is 5.15 Å². The summed E-state index contributed by atoms with van der Waals surface area (Å²) in [5.41, 5.74) is 2.05. The van der Waals surface area contributed by atoms with E-state index in [9.17, 15) is 0 Å². The Bertz CT molecular complexity index is 476. The summed E-state index contributed by atoms with van der Waals surface area (Å²) in [5.74, 6) is 0.981. The van der Waals surface area contributed by atoms with Gasteiger partial charge in [-0.3, -0.25) is 0 Å². The largest absolute Gasteiger partial charge is 0.305 e. The minimum Gasteiger partial charge on any atom is -0.239 e. The van der Waals surface area contributed by atoms with Gasteiger partial charge in [0.05, 0.1) is 7.05 Å². The number of rotatable bonds is 2. The third kappa shape index (κ3) is 2.02. The van der Waals surface area contributed by atoms with Crippen molar-refractivity contribution < 1.29 is 4.57 Å². The molecule has 1 N–H and O–H groups in total. The number of halogens is 1. The molecule has 0 aliphatic rings. The SMILES string of the molecule is CCc1c[n+](C)c(-c2cccc(Cl)n2)[nH]1. The molecule has 0 bridgehead atoms. The molecule has 78 valence electrons. The summed E-state index contributed by atoms with van der Waals surface area (Å²) in [7, 11) is 1.99. The molecule has 0 aromatic carbocycles. The van der Waals surface area contributed by atoms with Crippen LogP contribution in [0.1, 0.15) is 12.6 Å². The molecule has 3 nitrogen and oxygen atoms in total. The smallest absolute Gasteiger partial charge is 0.239 e. The molecule has 0 saturated heterocycles. The van der Waals surface area contributed by atoms with Gasteiger partial charge in [-0.25, -0.2) is 14.5 Å². The van der Waals surface area contributed by atoms with Gasteiger partial charge in [0, 0.05) is 6.42 Å². The van der Waals surface area contributed by atoms with Crippen molar-refractivity contribution in [1.82, 2.24) is 9.97 Å². The second kappa shape index (κ2) is 4.03. The first kappa shape index (κ1) is 10.2. The lowest BCUT2D eigenvalue weighted by molar-refractivity contribution is -0.659. The van der Waals surface area contributed by atoms with Crippen LogP contribution in [0.25, 0.3) is 11.5 Å². The van der Waals surface area contributed by atoms with Crippen molar-refractivity contribution in [2.45, 2.75) is 13.3 Å². The average molecular weight is 223 g/mol. The first-order valence-corrected chi connectivity index (χ1v) is 5.29. The molecule has 0 aliphatic heterocycles. The Balaban J connectivity index is 2.48. The monoisotopic (exact) mass is 222 g/mol. The predicted octanol–water partition coefficient (Wildman–Crippen LogP) is 2.12. The lowest BCUT2D eigenvalue weighted by Gasteiger charge is -1.94. The second-order valence-electron chi connectivity index (χ2n) is 3.44. The maximum absolute atomic E-state index is 5.85. The van der Waals surface area contributed by atoms with E-state index in [1.54, 1.807) is 6.07 Å². The molecule has 0 saturated carbocycles. The van der Waals surface area contributed by atoms with Gasteiger partial charge < -0.3 is 0 Å². The van der Waals surface area contributed by atoms with Crippen molar-refractivity contribution in [1.29, 1.82) is 0 Å². The molecule has 2 aromatic rings. The highest BCUT2D eigenvalue weighted by Gasteiger charge is 2.15. The fourth-order valence-electron chi connectivity index (χ4n) is 1.54. The van der Waals surface area contributed by atoms with Crippen LogP contribution in [0.4, 0.5) is 0 Å². The minimum atomic E-state index is 0.514. The van der Waals surface area contributed by atoms with E-state index in [1.165, 1.54) is 5.69 Å². The van der Waals surface area contributed by atoms with Crippen molar-refractivity contribution >= 4 is 11.6 Å². The maximum Gasteiger partial charge on any atom is 0.305 e. The van der Waals surface area contributed by atoms with Crippen LogP contribution >= 0.6 is 11.6 Å². The number of hydrogen-bond acceptors (Lipinski definition) is 1. The molecule has 2 heterocycles. The number of aromatic nitrogens is 3. The zero-order valence-corrected chi connectivity index (χ0v) is 9.54. The Kier molecular flexibility index (Phi) is 2.73. The topological polar surface area (TPSA) is 32.6 Å². The van der Waals surface area contributed by atoms with Gasteiger partial charge in [0.15, 0.2) is 5.69 Å². The van der Waals surface area contributed by atoms with E-state index in [2.05, 4.69) is 23.1 Å². The number of nitrogens with one attached hydrogen (secondary N) is 1. The summed E-state index contributed by atoms with van der Waals surface area (Å²) in [5, 5.41) is 0.514. The van der Waals surface area contributed by atoms with Crippen LogP contribution in [-0.2, 0) is 13.5 Å². The Labute approximate surface area is 93.7 Å². The van der Waals surface area contributed by atoms with Gasteiger partial charge >= 0.3 is 5.82 Å². The van der Waals surface area contributed by atoms with E-state index in [4.69, 9.17) is 11.6 Å². The summed E-state index contributed by atoms with van der Waals surface area (Å²) in [6.45, 7) is 2.11. The average Bonchev–Trinajstić information content (AvgIpc) is 2.60. The van der Waals surface area contributed by atoms with Crippen LogP contribution in [0.3, 0.4) is 0 Å². The molecule has 0 unspecified atom stereocenters. The minimum absolute atomic E-state index is 0.514. The van der Waals surface area contributed by atoms with E-state index >= 15 is 0 Å². The number of hydrogen-bond donors (Lipinski definition) is 1. The van der Waals surface area contributed by atoms with Gasteiger partial charge in [-0.15, -0.1) is 0 Å². The normalized spacial score (nSPS) is 10.6. The van der Waals surface area contributed by atoms with Crippen molar-refractivity contribution in [2.24, 2.45) is 7.05 Å². The molecule has 15 heavy (non-hydrogen) atoms. The quantitative estimate of drug-likeness (QED) is 0.613. The van der Waals surface area contributed by atoms with Crippen LogP contribution in [0.5, 0.6) is 0 Å². The van der Waals surface area contributed by atoms with E-state index in [0.717, 1.165) is 17.9 Å². The molecule has 2 aromatic heterocycles. The number of aryl methyl sites for hydroxylation is 2. The summed E-state index contributed by atoms with van der Waals surface area (Å²) >= 11 is 5.85.